The fraction of sp³-hybridized carbons (Fsp3) is 0.429. The van der Waals surface area contributed by atoms with Crippen LogP contribution in [0.4, 0.5) is 10.6 Å². The van der Waals surface area contributed by atoms with Gasteiger partial charge in [0.05, 0.1) is 0 Å². The summed E-state index contributed by atoms with van der Waals surface area (Å²) in [6.45, 7) is 6.01. The molecule has 7 heteroatoms. The SMILES string of the molecule is Cc1cc(NC(=O)N2CCN(Cc3cccs3)CC2)no1. The summed E-state index contributed by atoms with van der Waals surface area (Å²) in [5.74, 6) is 1.16. The van der Waals surface area contributed by atoms with Gasteiger partial charge in [-0.1, -0.05) is 11.2 Å². The summed E-state index contributed by atoms with van der Waals surface area (Å²) >= 11 is 1.77. The molecule has 1 aliphatic rings. The van der Waals surface area contributed by atoms with Crippen LogP contribution in [-0.4, -0.2) is 47.2 Å². The Hall–Kier alpha value is -1.86. The van der Waals surface area contributed by atoms with Gasteiger partial charge in [0.2, 0.25) is 0 Å². The first-order valence-corrected chi connectivity index (χ1v) is 7.82. The summed E-state index contributed by atoms with van der Waals surface area (Å²) < 4.78 is 4.94. The fourth-order valence-corrected chi connectivity index (χ4v) is 3.09. The van der Waals surface area contributed by atoms with E-state index in [-0.39, 0.29) is 6.03 Å². The minimum Gasteiger partial charge on any atom is -0.360 e. The Morgan fingerprint density at radius 3 is 2.86 bits per heavy atom. The van der Waals surface area contributed by atoms with Crippen LogP contribution in [-0.2, 0) is 6.54 Å². The second-order valence-corrected chi connectivity index (χ2v) is 6.13. The Balaban J connectivity index is 1.47. The molecule has 21 heavy (non-hydrogen) atoms. The minimum atomic E-state index is -0.112. The third-order valence-corrected chi connectivity index (χ3v) is 4.34. The summed E-state index contributed by atoms with van der Waals surface area (Å²) in [4.78, 5) is 17.7. The minimum absolute atomic E-state index is 0.112. The number of carbonyl (C=O) groups is 1. The van der Waals surface area contributed by atoms with Crippen molar-refractivity contribution in [1.82, 2.24) is 15.0 Å². The number of urea groups is 1. The van der Waals surface area contributed by atoms with E-state index in [1.54, 1.807) is 24.3 Å². The molecule has 3 heterocycles. The van der Waals surface area contributed by atoms with Gasteiger partial charge in [-0.05, 0) is 18.4 Å². The molecular weight excluding hydrogens is 288 g/mol. The number of carbonyl (C=O) groups excluding carboxylic acids is 1. The van der Waals surface area contributed by atoms with E-state index in [9.17, 15) is 4.79 Å². The normalized spacial score (nSPS) is 16.1. The van der Waals surface area contributed by atoms with Crippen LogP contribution in [0.2, 0.25) is 0 Å². The number of aryl methyl sites for hydroxylation is 1. The molecule has 2 amide bonds. The number of amides is 2. The van der Waals surface area contributed by atoms with Crippen molar-refractivity contribution in [2.45, 2.75) is 13.5 Å². The summed E-state index contributed by atoms with van der Waals surface area (Å²) in [7, 11) is 0. The van der Waals surface area contributed by atoms with Crippen LogP contribution < -0.4 is 5.32 Å². The van der Waals surface area contributed by atoms with Crippen molar-refractivity contribution in [1.29, 1.82) is 0 Å². The topological polar surface area (TPSA) is 61.6 Å². The maximum absolute atomic E-state index is 12.1. The molecule has 0 unspecified atom stereocenters. The summed E-state index contributed by atoms with van der Waals surface area (Å²) in [6, 6.07) is 5.82. The summed E-state index contributed by atoms with van der Waals surface area (Å²) in [6.07, 6.45) is 0. The highest BCUT2D eigenvalue weighted by atomic mass is 32.1. The second kappa shape index (κ2) is 6.28. The maximum atomic E-state index is 12.1. The van der Waals surface area contributed by atoms with Gasteiger partial charge < -0.3 is 9.42 Å². The van der Waals surface area contributed by atoms with E-state index in [1.165, 1.54) is 4.88 Å². The quantitative estimate of drug-likeness (QED) is 0.946. The van der Waals surface area contributed by atoms with Crippen LogP contribution in [0.5, 0.6) is 0 Å². The van der Waals surface area contributed by atoms with Crippen LogP contribution in [0.25, 0.3) is 0 Å². The van der Waals surface area contributed by atoms with E-state index in [0.717, 1.165) is 32.7 Å². The molecule has 112 valence electrons. The highest BCUT2D eigenvalue weighted by Crippen LogP contribution is 2.14. The molecule has 2 aromatic heterocycles. The van der Waals surface area contributed by atoms with Crippen molar-refractivity contribution in [3.63, 3.8) is 0 Å². The Labute approximate surface area is 127 Å². The molecular formula is C14H18N4O2S. The molecule has 0 aromatic carbocycles. The fourth-order valence-electron chi connectivity index (χ4n) is 2.35. The Kier molecular flexibility index (Phi) is 4.21. The zero-order chi connectivity index (χ0) is 14.7. The monoisotopic (exact) mass is 306 g/mol. The number of thiophene rings is 1. The standard InChI is InChI=1S/C14H18N4O2S/c1-11-9-13(16-20-11)15-14(19)18-6-4-17(5-7-18)10-12-3-2-8-21-12/h2-3,8-9H,4-7,10H2,1H3,(H,15,16,19). The van der Waals surface area contributed by atoms with Crippen LogP contribution in [0.3, 0.4) is 0 Å². The van der Waals surface area contributed by atoms with Gasteiger partial charge >= 0.3 is 6.03 Å². The van der Waals surface area contributed by atoms with E-state index in [2.05, 4.69) is 32.9 Å². The molecule has 1 aliphatic heterocycles. The van der Waals surface area contributed by atoms with Crippen molar-refractivity contribution in [3.05, 3.63) is 34.2 Å². The molecule has 1 N–H and O–H groups in total. The van der Waals surface area contributed by atoms with Gasteiger partial charge in [0.15, 0.2) is 5.82 Å². The third kappa shape index (κ3) is 3.62. The molecule has 2 aromatic rings. The maximum Gasteiger partial charge on any atom is 0.323 e. The molecule has 0 radical (unpaired) electrons. The van der Waals surface area contributed by atoms with E-state index in [1.807, 2.05) is 4.90 Å². The highest BCUT2D eigenvalue weighted by molar-refractivity contribution is 7.09. The number of nitrogens with zero attached hydrogens (tertiary/aromatic N) is 3. The smallest absolute Gasteiger partial charge is 0.323 e. The van der Waals surface area contributed by atoms with Crippen LogP contribution >= 0.6 is 11.3 Å². The van der Waals surface area contributed by atoms with Gasteiger partial charge in [-0.15, -0.1) is 11.3 Å². The molecule has 0 bridgehead atoms. The van der Waals surface area contributed by atoms with Gasteiger partial charge in [0.1, 0.15) is 5.76 Å². The Morgan fingerprint density at radius 2 is 2.24 bits per heavy atom. The lowest BCUT2D eigenvalue weighted by Crippen LogP contribution is -2.49. The van der Waals surface area contributed by atoms with Crippen molar-refractivity contribution < 1.29 is 9.32 Å². The third-order valence-electron chi connectivity index (χ3n) is 3.48. The molecule has 0 aliphatic carbocycles. The first-order valence-electron chi connectivity index (χ1n) is 6.95. The molecule has 1 saturated heterocycles. The van der Waals surface area contributed by atoms with Crippen molar-refractivity contribution >= 4 is 23.2 Å². The lowest BCUT2D eigenvalue weighted by atomic mass is 10.3. The number of aromatic nitrogens is 1. The lowest BCUT2D eigenvalue weighted by molar-refractivity contribution is 0.143. The molecule has 0 saturated carbocycles. The first kappa shape index (κ1) is 14.1. The predicted octanol–water partition coefficient (Wildman–Crippen LogP) is 2.39. The number of anilines is 1. The number of nitrogens with one attached hydrogen (secondary N) is 1. The van der Waals surface area contributed by atoms with Gasteiger partial charge in [0, 0.05) is 43.7 Å². The lowest BCUT2D eigenvalue weighted by Gasteiger charge is -2.34. The zero-order valence-electron chi connectivity index (χ0n) is 11.9. The van der Waals surface area contributed by atoms with Crippen LogP contribution in [0, 0.1) is 6.92 Å². The van der Waals surface area contributed by atoms with Crippen LogP contribution in [0.1, 0.15) is 10.6 Å². The Morgan fingerprint density at radius 1 is 1.43 bits per heavy atom. The summed E-state index contributed by atoms with van der Waals surface area (Å²) in [5, 5.41) is 8.63. The number of rotatable bonds is 3. The second-order valence-electron chi connectivity index (χ2n) is 5.10. The number of hydrogen-bond acceptors (Lipinski definition) is 5. The van der Waals surface area contributed by atoms with Crippen molar-refractivity contribution in [2.24, 2.45) is 0 Å². The average molecular weight is 306 g/mol. The largest absolute Gasteiger partial charge is 0.360 e. The zero-order valence-corrected chi connectivity index (χ0v) is 12.7. The van der Waals surface area contributed by atoms with Crippen LogP contribution in [0.15, 0.2) is 28.1 Å². The average Bonchev–Trinajstić information content (AvgIpc) is 3.12. The number of hydrogen-bond donors (Lipinski definition) is 1. The molecule has 3 rings (SSSR count). The van der Waals surface area contributed by atoms with E-state index < -0.39 is 0 Å². The van der Waals surface area contributed by atoms with Gasteiger partial charge in [-0.2, -0.15) is 0 Å². The van der Waals surface area contributed by atoms with Gasteiger partial charge in [-0.3, -0.25) is 10.2 Å². The molecule has 6 nitrogen and oxygen atoms in total. The van der Waals surface area contributed by atoms with Crippen molar-refractivity contribution in [3.8, 4) is 0 Å². The van der Waals surface area contributed by atoms with E-state index >= 15 is 0 Å². The predicted molar refractivity (Wildman–Crippen MR) is 81.4 cm³/mol. The first-order chi connectivity index (χ1) is 10.2. The molecule has 0 atom stereocenters. The highest BCUT2D eigenvalue weighted by Gasteiger charge is 2.21. The Bertz CT molecular complexity index is 588. The van der Waals surface area contributed by atoms with Gasteiger partial charge in [-0.25, -0.2) is 4.79 Å². The number of piperazine rings is 1. The van der Waals surface area contributed by atoms with E-state index in [0.29, 0.717) is 11.6 Å². The van der Waals surface area contributed by atoms with E-state index in [4.69, 9.17) is 4.52 Å². The summed E-state index contributed by atoms with van der Waals surface area (Å²) in [5.41, 5.74) is 0. The molecule has 0 spiro atoms. The van der Waals surface area contributed by atoms with Crippen molar-refractivity contribution in [2.75, 3.05) is 31.5 Å². The van der Waals surface area contributed by atoms with Gasteiger partial charge in [0.25, 0.3) is 0 Å². The molecule has 1 fully saturated rings.